The summed E-state index contributed by atoms with van der Waals surface area (Å²) in [5.41, 5.74) is 3.52. The monoisotopic (exact) mass is 305 g/mol. The molecule has 1 unspecified atom stereocenters. The molecule has 0 aliphatic carbocycles. The van der Waals surface area contributed by atoms with Crippen molar-refractivity contribution in [2.24, 2.45) is 5.92 Å². The molecule has 0 bridgehead atoms. The fraction of sp³-hybridized carbons (Fsp3) is 0.250. The Morgan fingerprint density at radius 3 is 2.22 bits per heavy atom. The second-order valence-electron chi connectivity index (χ2n) is 5.70. The second-order valence-corrected chi connectivity index (χ2v) is 5.70. The van der Waals surface area contributed by atoms with Gasteiger partial charge in [-0.2, -0.15) is 5.26 Å². The zero-order valence-corrected chi connectivity index (χ0v) is 13.2. The van der Waals surface area contributed by atoms with Crippen molar-refractivity contribution in [2.45, 2.75) is 26.2 Å². The van der Waals surface area contributed by atoms with Crippen molar-refractivity contribution in [3.8, 4) is 6.07 Å². The number of carbonyl (C=O) groups is 2. The van der Waals surface area contributed by atoms with Crippen LogP contribution in [0.5, 0.6) is 0 Å². The van der Waals surface area contributed by atoms with Crippen LogP contribution in [0.4, 0.5) is 0 Å². The molecule has 2 aromatic carbocycles. The first kappa shape index (κ1) is 16.6. The Labute approximate surface area is 136 Å². The third-order valence-corrected chi connectivity index (χ3v) is 3.94. The van der Waals surface area contributed by atoms with Gasteiger partial charge in [-0.1, -0.05) is 36.4 Å². The molecule has 23 heavy (non-hydrogen) atoms. The predicted molar refractivity (Wildman–Crippen MR) is 89.2 cm³/mol. The molecule has 0 heterocycles. The van der Waals surface area contributed by atoms with Crippen LogP contribution < -0.4 is 0 Å². The maximum absolute atomic E-state index is 11.3. The van der Waals surface area contributed by atoms with E-state index >= 15 is 0 Å². The van der Waals surface area contributed by atoms with Gasteiger partial charge < -0.3 is 4.79 Å². The molecule has 0 aliphatic rings. The van der Waals surface area contributed by atoms with E-state index in [-0.39, 0.29) is 11.7 Å². The number of Topliss-reactive ketones (excluding diaryl/α,β-unsaturated/α-hetero) is 1. The van der Waals surface area contributed by atoms with Crippen molar-refractivity contribution in [3.63, 3.8) is 0 Å². The zero-order valence-electron chi connectivity index (χ0n) is 13.2. The summed E-state index contributed by atoms with van der Waals surface area (Å²) in [5, 5.41) is 8.79. The van der Waals surface area contributed by atoms with Gasteiger partial charge in [0.2, 0.25) is 0 Å². The lowest BCUT2D eigenvalue weighted by molar-refractivity contribution is -0.111. The minimum absolute atomic E-state index is 0.0459. The van der Waals surface area contributed by atoms with Gasteiger partial charge in [-0.15, -0.1) is 0 Å². The van der Waals surface area contributed by atoms with Gasteiger partial charge in [0.1, 0.15) is 6.29 Å². The van der Waals surface area contributed by atoms with Crippen molar-refractivity contribution >= 4 is 12.1 Å². The van der Waals surface area contributed by atoms with Gasteiger partial charge in [-0.25, -0.2) is 0 Å². The molecule has 116 valence electrons. The lowest BCUT2D eigenvalue weighted by Crippen LogP contribution is -2.08. The quantitative estimate of drug-likeness (QED) is 0.578. The normalized spacial score (nSPS) is 11.5. The number of nitriles is 1. The molecule has 0 spiro atoms. The minimum atomic E-state index is -0.0459. The fourth-order valence-electron chi connectivity index (χ4n) is 2.49. The Balaban J connectivity index is 1.92. The number of ketones is 1. The van der Waals surface area contributed by atoms with Crippen molar-refractivity contribution in [1.29, 1.82) is 5.26 Å². The number of rotatable bonds is 7. The molecule has 2 rings (SSSR count). The number of aldehydes is 1. The standard InChI is InChI=1S/C20H19NO2/c1-15(23)20-10-8-16(9-11-20)2-7-19(14-22)12-17-3-5-18(13-21)6-4-17/h3-6,8-11,14,19H,2,7,12H2,1H3. The van der Waals surface area contributed by atoms with Crippen LogP contribution in [0.3, 0.4) is 0 Å². The maximum atomic E-state index is 11.3. The first-order valence-electron chi connectivity index (χ1n) is 7.66. The highest BCUT2D eigenvalue weighted by atomic mass is 16.1. The SMILES string of the molecule is CC(=O)c1ccc(CCC(C=O)Cc2ccc(C#N)cc2)cc1. The lowest BCUT2D eigenvalue weighted by Gasteiger charge is -2.10. The molecule has 2 aromatic rings. The summed E-state index contributed by atoms with van der Waals surface area (Å²) >= 11 is 0. The van der Waals surface area contributed by atoms with Crippen molar-refractivity contribution in [3.05, 3.63) is 70.8 Å². The molecule has 0 fully saturated rings. The molecule has 3 heteroatoms. The molecule has 0 radical (unpaired) electrons. The molecule has 0 saturated heterocycles. The van der Waals surface area contributed by atoms with Crippen LogP contribution in [0.15, 0.2) is 48.5 Å². The van der Waals surface area contributed by atoms with Crippen molar-refractivity contribution < 1.29 is 9.59 Å². The molecule has 3 nitrogen and oxygen atoms in total. The van der Waals surface area contributed by atoms with E-state index in [9.17, 15) is 9.59 Å². The molecule has 1 atom stereocenters. The molecule has 0 amide bonds. The van der Waals surface area contributed by atoms with Crippen LogP contribution in [-0.4, -0.2) is 12.1 Å². The van der Waals surface area contributed by atoms with E-state index in [1.807, 2.05) is 36.4 Å². The summed E-state index contributed by atoms with van der Waals surface area (Å²) in [6, 6.07) is 17.0. The number of aryl methyl sites for hydroxylation is 1. The lowest BCUT2D eigenvalue weighted by atomic mass is 9.93. The minimum Gasteiger partial charge on any atom is -0.303 e. The van der Waals surface area contributed by atoms with Crippen molar-refractivity contribution in [1.82, 2.24) is 0 Å². The summed E-state index contributed by atoms with van der Waals surface area (Å²) in [7, 11) is 0. The van der Waals surface area contributed by atoms with Gasteiger partial charge >= 0.3 is 0 Å². The van der Waals surface area contributed by atoms with Crippen LogP contribution in [0.1, 0.15) is 40.4 Å². The molecule has 0 aromatic heterocycles. The van der Waals surface area contributed by atoms with Crippen LogP contribution >= 0.6 is 0 Å². The highest BCUT2D eigenvalue weighted by molar-refractivity contribution is 5.94. The average Bonchev–Trinajstić information content (AvgIpc) is 2.59. The van der Waals surface area contributed by atoms with Crippen LogP contribution in [0, 0.1) is 17.2 Å². The van der Waals surface area contributed by atoms with Crippen molar-refractivity contribution in [2.75, 3.05) is 0 Å². The summed E-state index contributed by atoms with van der Waals surface area (Å²) in [5.74, 6) is 0.0125. The Morgan fingerprint density at radius 2 is 1.70 bits per heavy atom. The number of benzene rings is 2. The van der Waals surface area contributed by atoms with E-state index in [0.29, 0.717) is 17.5 Å². The molecule has 0 saturated carbocycles. The van der Waals surface area contributed by atoms with E-state index in [0.717, 1.165) is 30.3 Å². The molecular formula is C20H19NO2. The van der Waals surface area contributed by atoms with E-state index in [1.165, 1.54) is 0 Å². The highest BCUT2D eigenvalue weighted by Crippen LogP contribution is 2.15. The van der Waals surface area contributed by atoms with Crippen LogP contribution in [0.2, 0.25) is 0 Å². The van der Waals surface area contributed by atoms with E-state index in [1.54, 1.807) is 19.1 Å². The molecule has 0 N–H and O–H groups in total. The van der Waals surface area contributed by atoms with Gasteiger partial charge in [0.05, 0.1) is 11.6 Å². The summed E-state index contributed by atoms with van der Waals surface area (Å²) in [4.78, 5) is 22.6. The predicted octanol–water partition coefficient (Wildman–Crippen LogP) is 3.75. The average molecular weight is 305 g/mol. The number of hydrogen-bond donors (Lipinski definition) is 0. The topological polar surface area (TPSA) is 57.9 Å². The van der Waals surface area contributed by atoms with Crippen LogP contribution in [-0.2, 0) is 17.6 Å². The van der Waals surface area contributed by atoms with E-state index < -0.39 is 0 Å². The van der Waals surface area contributed by atoms with Gasteiger partial charge in [-0.05, 0) is 49.4 Å². The van der Waals surface area contributed by atoms with Gasteiger partial charge in [0.25, 0.3) is 0 Å². The Bertz CT molecular complexity index is 709. The summed E-state index contributed by atoms with van der Waals surface area (Å²) in [6.45, 7) is 1.55. The maximum Gasteiger partial charge on any atom is 0.159 e. The first-order valence-corrected chi connectivity index (χ1v) is 7.66. The first-order chi connectivity index (χ1) is 11.1. The Kier molecular flexibility index (Phi) is 5.82. The Hall–Kier alpha value is -2.73. The van der Waals surface area contributed by atoms with Gasteiger partial charge in [0.15, 0.2) is 5.78 Å². The van der Waals surface area contributed by atoms with Gasteiger partial charge in [0, 0.05) is 11.5 Å². The third-order valence-electron chi connectivity index (χ3n) is 3.94. The fourth-order valence-corrected chi connectivity index (χ4v) is 2.49. The zero-order chi connectivity index (χ0) is 16.7. The number of carbonyl (C=O) groups excluding carboxylic acids is 2. The molecular weight excluding hydrogens is 286 g/mol. The van der Waals surface area contributed by atoms with Gasteiger partial charge in [-0.3, -0.25) is 4.79 Å². The molecule has 0 aliphatic heterocycles. The largest absolute Gasteiger partial charge is 0.303 e. The number of hydrogen-bond acceptors (Lipinski definition) is 3. The second kappa shape index (κ2) is 8.05. The smallest absolute Gasteiger partial charge is 0.159 e. The van der Waals surface area contributed by atoms with E-state index in [4.69, 9.17) is 5.26 Å². The highest BCUT2D eigenvalue weighted by Gasteiger charge is 2.09. The summed E-state index contributed by atoms with van der Waals surface area (Å²) in [6.07, 6.45) is 3.25. The number of nitrogens with zero attached hydrogens (tertiary/aromatic N) is 1. The van der Waals surface area contributed by atoms with E-state index in [2.05, 4.69) is 6.07 Å². The summed E-state index contributed by atoms with van der Waals surface area (Å²) < 4.78 is 0. The Morgan fingerprint density at radius 1 is 1.09 bits per heavy atom. The third kappa shape index (κ3) is 4.89. The van der Waals surface area contributed by atoms with Crippen LogP contribution in [0.25, 0.3) is 0 Å².